The second-order valence-electron chi connectivity index (χ2n) is 5.76. The highest BCUT2D eigenvalue weighted by atomic mass is 16.2. The highest BCUT2D eigenvalue weighted by Gasteiger charge is 2.08. The molecule has 2 amide bonds. The molecule has 0 aliphatic rings. The van der Waals surface area contributed by atoms with Gasteiger partial charge in [0.05, 0.1) is 0 Å². The monoisotopic (exact) mass is 291 g/mol. The molecule has 0 saturated heterocycles. The molecule has 0 saturated carbocycles. The van der Waals surface area contributed by atoms with Crippen molar-refractivity contribution in [2.75, 3.05) is 5.32 Å². The first-order chi connectivity index (χ1) is 10.0. The first-order valence-electron chi connectivity index (χ1n) is 7.96. The number of benzene rings is 1. The normalized spacial score (nSPS) is 13.5. The highest BCUT2D eigenvalue weighted by molar-refractivity contribution is 5.89. The van der Waals surface area contributed by atoms with E-state index in [0.717, 1.165) is 24.1 Å². The fourth-order valence-corrected chi connectivity index (χ4v) is 2.24. The van der Waals surface area contributed by atoms with Gasteiger partial charge in [-0.05, 0) is 38.0 Å². The summed E-state index contributed by atoms with van der Waals surface area (Å²) >= 11 is 0. The molecule has 1 aromatic carbocycles. The van der Waals surface area contributed by atoms with Crippen molar-refractivity contribution in [1.29, 1.82) is 0 Å². The Morgan fingerprint density at radius 3 is 2.67 bits per heavy atom. The maximum Gasteiger partial charge on any atom is 0.319 e. The maximum atomic E-state index is 11.9. The smallest absolute Gasteiger partial charge is 0.319 e. The van der Waals surface area contributed by atoms with Crippen molar-refractivity contribution in [2.24, 2.45) is 5.73 Å². The minimum Gasteiger partial charge on any atom is -0.335 e. The molecule has 4 nitrogen and oxygen atoms in total. The summed E-state index contributed by atoms with van der Waals surface area (Å²) in [5.74, 6) is 0. The summed E-state index contributed by atoms with van der Waals surface area (Å²) in [6.45, 7) is 6.17. The van der Waals surface area contributed by atoms with Gasteiger partial charge in [0.15, 0.2) is 0 Å². The highest BCUT2D eigenvalue weighted by Crippen LogP contribution is 2.15. The predicted molar refractivity (Wildman–Crippen MR) is 89.4 cm³/mol. The van der Waals surface area contributed by atoms with Crippen LogP contribution in [0.3, 0.4) is 0 Å². The molecule has 2 atom stereocenters. The summed E-state index contributed by atoms with van der Waals surface area (Å²) < 4.78 is 0. The third-order valence-electron chi connectivity index (χ3n) is 3.54. The van der Waals surface area contributed by atoms with Crippen LogP contribution < -0.4 is 16.4 Å². The van der Waals surface area contributed by atoms with Gasteiger partial charge < -0.3 is 16.4 Å². The molecule has 0 fully saturated rings. The second kappa shape index (κ2) is 9.40. The molecule has 21 heavy (non-hydrogen) atoms. The summed E-state index contributed by atoms with van der Waals surface area (Å²) in [6, 6.07) is 7.66. The third-order valence-corrected chi connectivity index (χ3v) is 3.54. The molecule has 0 aliphatic carbocycles. The van der Waals surface area contributed by atoms with E-state index in [9.17, 15) is 4.79 Å². The van der Waals surface area contributed by atoms with Crippen LogP contribution >= 0.6 is 0 Å². The van der Waals surface area contributed by atoms with Gasteiger partial charge in [0, 0.05) is 17.8 Å². The molecular formula is C17H29N3O. The molecule has 1 aromatic rings. The van der Waals surface area contributed by atoms with Gasteiger partial charge in [0.2, 0.25) is 0 Å². The van der Waals surface area contributed by atoms with Crippen LogP contribution in [0.5, 0.6) is 0 Å². The number of hydrogen-bond donors (Lipinski definition) is 3. The molecule has 0 radical (unpaired) electrons. The zero-order valence-electron chi connectivity index (χ0n) is 13.5. The van der Waals surface area contributed by atoms with Crippen LogP contribution in [0.2, 0.25) is 0 Å². The Balaban J connectivity index is 2.37. The van der Waals surface area contributed by atoms with Gasteiger partial charge in [-0.1, -0.05) is 44.7 Å². The predicted octanol–water partition coefficient (Wildman–Crippen LogP) is 4.19. The summed E-state index contributed by atoms with van der Waals surface area (Å²) in [6.07, 6.45) is 5.92. The molecule has 4 heteroatoms. The second-order valence-corrected chi connectivity index (χ2v) is 5.76. The van der Waals surface area contributed by atoms with E-state index in [2.05, 4.69) is 17.6 Å². The Bertz CT molecular complexity index is 432. The van der Waals surface area contributed by atoms with Gasteiger partial charge in [0.25, 0.3) is 0 Å². The quantitative estimate of drug-likeness (QED) is 0.629. The van der Waals surface area contributed by atoms with E-state index >= 15 is 0 Å². The van der Waals surface area contributed by atoms with Crippen molar-refractivity contribution in [2.45, 2.75) is 65.0 Å². The summed E-state index contributed by atoms with van der Waals surface area (Å²) in [7, 11) is 0. The first-order valence-corrected chi connectivity index (χ1v) is 7.96. The number of unbranched alkanes of at least 4 members (excludes halogenated alkanes) is 3. The number of amides is 2. The largest absolute Gasteiger partial charge is 0.335 e. The van der Waals surface area contributed by atoms with E-state index in [1.807, 2.05) is 38.1 Å². The minimum absolute atomic E-state index is 0.0349. The van der Waals surface area contributed by atoms with Crippen LogP contribution in [0, 0.1) is 0 Å². The molecular weight excluding hydrogens is 262 g/mol. The van der Waals surface area contributed by atoms with Gasteiger partial charge in [0.1, 0.15) is 0 Å². The molecule has 118 valence electrons. The van der Waals surface area contributed by atoms with Gasteiger partial charge in [-0.25, -0.2) is 4.79 Å². The number of nitrogens with two attached hydrogens (primary N) is 1. The van der Waals surface area contributed by atoms with Crippen molar-refractivity contribution >= 4 is 11.7 Å². The average molecular weight is 291 g/mol. The van der Waals surface area contributed by atoms with Crippen LogP contribution in [0.25, 0.3) is 0 Å². The third kappa shape index (κ3) is 7.14. The van der Waals surface area contributed by atoms with E-state index in [1.54, 1.807) is 0 Å². The zero-order valence-corrected chi connectivity index (χ0v) is 13.5. The summed E-state index contributed by atoms with van der Waals surface area (Å²) in [5.41, 5.74) is 7.64. The van der Waals surface area contributed by atoms with Crippen molar-refractivity contribution in [3.05, 3.63) is 29.8 Å². The molecule has 0 heterocycles. The van der Waals surface area contributed by atoms with E-state index in [0.29, 0.717) is 0 Å². The van der Waals surface area contributed by atoms with Crippen molar-refractivity contribution in [3.63, 3.8) is 0 Å². The van der Waals surface area contributed by atoms with Gasteiger partial charge in [-0.15, -0.1) is 0 Å². The Morgan fingerprint density at radius 1 is 1.24 bits per heavy atom. The summed E-state index contributed by atoms with van der Waals surface area (Å²) in [5, 5.41) is 5.84. The lowest BCUT2D eigenvalue weighted by Crippen LogP contribution is -2.36. The Hall–Kier alpha value is -1.55. The molecule has 0 spiro atoms. The lowest BCUT2D eigenvalue weighted by molar-refractivity contribution is 0.248. The molecule has 1 rings (SSSR count). The number of rotatable bonds is 8. The van der Waals surface area contributed by atoms with Gasteiger partial charge >= 0.3 is 6.03 Å². The van der Waals surface area contributed by atoms with E-state index < -0.39 is 0 Å². The minimum atomic E-state index is -0.153. The Morgan fingerprint density at radius 2 is 2.00 bits per heavy atom. The molecule has 4 N–H and O–H groups in total. The Kier molecular flexibility index (Phi) is 7.83. The number of urea groups is 1. The molecule has 0 bridgehead atoms. The van der Waals surface area contributed by atoms with Crippen molar-refractivity contribution < 1.29 is 4.79 Å². The van der Waals surface area contributed by atoms with Crippen LogP contribution in [0.4, 0.5) is 10.5 Å². The Labute approximate surface area is 128 Å². The maximum absolute atomic E-state index is 11.9. The van der Waals surface area contributed by atoms with Crippen molar-refractivity contribution in [1.82, 2.24) is 5.32 Å². The fraction of sp³-hybridized carbons (Fsp3) is 0.588. The standard InChI is InChI=1S/C17H29N3O/c1-4-5-6-7-9-13(2)19-17(21)20-16-11-8-10-15(12-16)14(3)18/h8,10-14H,4-7,9,18H2,1-3H3,(H2,19,20,21). The fourth-order valence-electron chi connectivity index (χ4n) is 2.24. The van der Waals surface area contributed by atoms with E-state index in [1.165, 1.54) is 19.3 Å². The first kappa shape index (κ1) is 17.5. The van der Waals surface area contributed by atoms with Gasteiger partial charge in [-0.3, -0.25) is 0 Å². The average Bonchev–Trinajstić information content (AvgIpc) is 2.43. The number of anilines is 1. The molecule has 2 unspecified atom stereocenters. The summed E-state index contributed by atoms with van der Waals surface area (Å²) in [4.78, 5) is 11.9. The topological polar surface area (TPSA) is 67.2 Å². The van der Waals surface area contributed by atoms with Crippen LogP contribution in [0.15, 0.2) is 24.3 Å². The lowest BCUT2D eigenvalue weighted by atomic mass is 10.1. The van der Waals surface area contributed by atoms with E-state index in [4.69, 9.17) is 5.73 Å². The van der Waals surface area contributed by atoms with Crippen LogP contribution in [0.1, 0.15) is 64.5 Å². The molecule has 0 aliphatic heterocycles. The zero-order chi connectivity index (χ0) is 15.7. The number of carbonyl (C=O) groups excluding carboxylic acids is 1. The number of hydrogen-bond acceptors (Lipinski definition) is 2. The molecule has 0 aromatic heterocycles. The van der Waals surface area contributed by atoms with Gasteiger partial charge in [-0.2, -0.15) is 0 Å². The SMILES string of the molecule is CCCCCCC(C)NC(=O)Nc1cccc(C(C)N)c1. The van der Waals surface area contributed by atoms with E-state index in [-0.39, 0.29) is 18.1 Å². The number of carbonyl (C=O) groups is 1. The number of nitrogens with one attached hydrogen (secondary N) is 2. The lowest BCUT2D eigenvalue weighted by Gasteiger charge is -2.15. The van der Waals surface area contributed by atoms with Crippen LogP contribution in [-0.2, 0) is 0 Å². The van der Waals surface area contributed by atoms with Crippen LogP contribution in [-0.4, -0.2) is 12.1 Å². The van der Waals surface area contributed by atoms with Crippen molar-refractivity contribution in [3.8, 4) is 0 Å².